The van der Waals surface area contributed by atoms with Crippen molar-refractivity contribution < 1.29 is 23.0 Å². The van der Waals surface area contributed by atoms with E-state index in [0.717, 1.165) is 29.8 Å². The minimum atomic E-state index is -3.16. The van der Waals surface area contributed by atoms with Crippen LogP contribution in [0.25, 0.3) is 5.57 Å². The molecule has 1 amide bonds. The van der Waals surface area contributed by atoms with Gasteiger partial charge in [0.25, 0.3) is 11.8 Å². The molecule has 1 unspecified atom stereocenters. The predicted octanol–water partition coefficient (Wildman–Crippen LogP) is 4.04. The number of ether oxygens (including phenoxy) is 2. The van der Waals surface area contributed by atoms with Gasteiger partial charge in [-0.05, 0) is 50.1 Å². The normalized spacial score (nSPS) is 21.1. The van der Waals surface area contributed by atoms with Crippen LogP contribution in [0.15, 0.2) is 47.3 Å². The minimum absolute atomic E-state index is 0.00845. The maximum absolute atomic E-state index is 13.8. The first kappa shape index (κ1) is 25.8. The summed E-state index contributed by atoms with van der Waals surface area (Å²) in [7, 11) is 0. The molecule has 2 aliphatic rings. The number of rotatable bonds is 7. The Morgan fingerprint density at radius 1 is 1.22 bits per heavy atom. The molecule has 0 spiro atoms. The van der Waals surface area contributed by atoms with Gasteiger partial charge in [-0.3, -0.25) is 19.7 Å². The van der Waals surface area contributed by atoms with Gasteiger partial charge in [-0.25, -0.2) is 4.98 Å². The number of pyridine rings is 2. The van der Waals surface area contributed by atoms with Crippen LogP contribution in [-0.2, 0) is 10.7 Å². The number of halogens is 2. The highest BCUT2D eigenvalue weighted by atomic mass is 19.3. The highest BCUT2D eigenvalue weighted by Gasteiger charge is 2.41. The zero-order valence-corrected chi connectivity index (χ0v) is 20.9. The molecule has 1 saturated heterocycles. The molecule has 0 aliphatic carbocycles. The Morgan fingerprint density at radius 3 is 2.61 bits per heavy atom. The summed E-state index contributed by atoms with van der Waals surface area (Å²) < 4.78 is 38.9. The molecule has 2 aliphatic heterocycles. The third kappa shape index (κ3) is 5.76. The van der Waals surface area contributed by atoms with Crippen LogP contribution in [0.4, 0.5) is 8.78 Å². The van der Waals surface area contributed by atoms with E-state index in [1.165, 1.54) is 12.3 Å². The number of allylic oxidation sites excluding steroid dienone is 1. The number of nitrogens with zero attached hydrogens (tertiary/aromatic N) is 4. The van der Waals surface area contributed by atoms with Crippen LogP contribution >= 0.6 is 0 Å². The number of alkyl halides is 2. The van der Waals surface area contributed by atoms with Crippen molar-refractivity contribution in [1.82, 2.24) is 20.2 Å². The maximum atomic E-state index is 13.8. The lowest BCUT2D eigenvalue weighted by molar-refractivity contribution is -0.00624. The van der Waals surface area contributed by atoms with E-state index in [0.29, 0.717) is 38.6 Å². The van der Waals surface area contributed by atoms with Gasteiger partial charge in [-0.1, -0.05) is 0 Å². The van der Waals surface area contributed by atoms with E-state index in [2.05, 4.69) is 25.2 Å². The Bertz CT molecular complexity index is 1150. The van der Waals surface area contributed by atoms with Crippen molar-refractivity contribution >= 4 is 17.7 Å². The van der Waals surface area contributed by atoms with Gasteiger partial charge in [0.2, 0.25) is 5.88 Å². The van der Waals surface area contributed by atoms with Gasteiger partial charge in [-0.2, -0.15) is 8.78 Å². The summed E-state index contributed by atoms with van der Waals surface area (Å²) >= 11 is 0. The monoisotopic (exact) mass is 499 g/mol. The van der Waals surface area contributed by atoms with E-state index in [1.54, 1.807) is 12.4 Å². The average molecular weight is 500 g/mol. The Morgan fingerprint density at radius 2 is 1.97 bits per heavy atom. The van der Waals surface area contributed by atoms with Gasteiger partial charge in [-0.15, -0.1) is 0 Å². The number of nitrogens with one attached hydrogen (secondary N) is 1. The Hall–Kier alpha value is -3.24. The molecular formula is C26H31F2N5O3. The first-order valence-electron chi connectivity index (χ1n) is 11.9. The van der Waals surface area contributed by atoms with E-state index in [4.69, 9.17) is 9.47 Å². The van der Waals surface area contributed by atoms with E-state index < -0.39 is 23.2 Å². The van der Waals surface area contributed by atoms with Gasteiger partial charge < -0.3 is 14.8 Å². The Balaban J connectivity index is 1.65. The Labute approximate surface area is 209 Å². The number of morpholine rings is 1. The number of hydrogen-bond acceptors (Lipinski definition) is 7. The van der Waals surface area contributed by atoms with Crippen molar-refractivity contribution in [1.29, 1.82) is 0 Å². The van der Waals surface area contributed by atoms with Gasteiger partial charge >= 0.3 is 0 Å². The fraction of sp³-hybridized carbons (Fsp3) is 0.462. The fourth-order valence-corrected chi connectivity index (χ4v) is 4.30. The number of aliphatic imine (C=N–C) groups is 1. The van der Waals surface area contributed by atoms with Crippen LogP contribution in [0.3, 0.4) is 0 Å². The molecule has 0 saturated carbocycles. The van der Waals surface area contributed by atoms with Crippen LogP contribution in [0.5, 0.6) is 5.88 Å². The SMILES string of the molecule is CC1=C(c2ccc(OC(C)C)nc2)CC(NC(=O)c2ccnc(C(C)(F)F)c2)(N2CCOCC2)C=N1. The Kier molecular flexibility index (Phi) is 7.46. The maximum Gasteiger partial charge on any atom is 0.286 e. The summed E-state index contributed by atoms with van der Waals surface area (Å²) in [4.78, 5) is 28.3. The molecule has 36 heavy (non-hydrogen) atoms. The zero-order chi connectivity index (χ0) is 25.9. The summed E-state index contributed by atoms with van der Waals surface area (Å²) in [5.41, 5.74) is 1.27. The smallest absolute Gasteiger partial charge is 0.286 e. The molecule has 1 N–H and O–H groups in total. The van der Waals surface area contributed by atoms with Crippen LogP contribution in [0, 0.1) is 0 Å². The molecule has 10 heteroatoms. The lowest BCUT2D eigenvalue weighted by Gasteiger charge is -2.45. The third-order valence-electron chi connectivity index (χ3n) is 6.17. The summed E-state index contributed by atoms with van der Waals surface area (Å²) in [6.07, 6.45) is 5.12. The van der Waals surface area contributed by atoms with Crippen LogP contribution in [-0.4, -0.2) is 65.1 Å². The molecule has 0 bridgehead atoms. The van der Waals surface area contributed by atoms with E-state index in [9.17, 15) is 13.6 Å². The third-order valence-corrected chi connectivity index (χ3v) is 6.17. The van der Waals surface area contributed by atoms with Crippen LogP contribution < -0.4 is 10.1 Å². The standard InChI is InChI=1S/C26H31F2N5O3/c1-17(2)36-23-6-5-20(15-30-23)21-14-26(16-31-18(21)3,33-9-11-35-12-10-33)32-24(34)19-7-8-29-22(13-19)25(4,27)28/h5-8,13,15-17H,9-12,14H2,1-4H3,(H,32,34). The fourth-order valence-electron chi connectivity index (χ4n) is 4.30. The summed E-state index contributed by atoms with van der Waals surface area (Å²) in [6.45, 7) is 8.70. The summed E-state index contributed by atoms with van der Waals surface area (Å²) in [5.74, 6) is -3.12. The van der Waals surface area contributed by atoms with Crippen molar-refractivity contribution in [2.75, 3.05) is 26.3 Å². The lowest BCUT2D eigenvalue weighted by atomic mass is 9.90. The van der Waals surface area contributed by atoms with Crippen LogP contribution in [0.1, 0.15) is 55.7 Å². The largest absolute Gasteiger partial charge is 0.475 e. The molecule has 1 atom stereocenters. The molecule has 2 aromatic rings. The molecule has 4 rings (SSSR count). The molecule has 0 aromatic carbocycles. The van der Waals surface area contributed by atoms with Crippen LogP contribution in [0.2, 0.25) is 0 Å². The molecule has 0 radical (unpaired) electrons. The second kappa shape index (κ2) is 10.4. The lowest BCUT2D eigenvalue weighted by Crippen LogP contribution is -2.65. The first-order valence-corrected chi connectivity index (χ1v) is 11.9. The molecule has 1 fully saturated rings. The second-order valence-electron chi connectivity index (χ2n) is 9.35. The number of carbonyl (C=O) groups excluding carboxylic acids is 1. The second-order valence-corrected chi connectivity index (χ2v) is 9.35. The number of carbonyl (C=O) groups is 1. The zero-order valence-electron chi connectivity index (χ0n) is 20.9. The number of aromatic nitrogens is 2. The highest BCUT2D eigenvalue weighted by molar-refractivity contribution is 5.98. The topological polar surface area (TPSA) is 88.9 Å². The molecule has 2 aromatic heterocycles. The van der Waals surface area contributed by atoms with Crippen molar-refractivity contribution in [3.63, 3.8) is 0 Å². The molecule has 8 nitrogen and oxygen atoms in total. The van der Waals surface area contributed by atoms with Gasteiger partial charge in [0.15, 0.2) is 0 Å². The quantitative estimate of drug-likeness (QED) is 0.619. The van der Waals surface area contributed by atoms with Crippen molar-refractivity contribution in [2.24, 2.45) is 4.99 Å². The molecule has 192 valence electrons. The van der Waals surface area contributed by atoms with E-state index >= 15 is 0 Å². The van der Waals surface area contributed by atoms with Gasteiger partial charge in [0.05, 0.1) is 19.3 Å². The highest BCUT2D eigenvalue weighted by Crippen LogP contribution is 2.35. The van der Waals surface area contributed by atoms with Crippen molar-refractivity contribution in [3.8, 4) is 5.88 Å². The minimum Gasteiger partial charge on any atom is -0.475 e. The van der Waals surface area contributed by atoms with Gasteiger partial charge in [0.1, 0.15) is 11.4 Å². The van der Waals surface area contributed by atoms with Crippen molar-refractivity contribution in [3.05, 3.63) is 59.2 Å². The molecule has 4 heterocycles. The average Bonchev–Trinajstić information content (AvgIpc) is 2.85. The molecular weight excluding hydrogens is 468 g/mol. The summed E-state index contributed by atoms with van der Waals surface area (Å²) in [5, 5.41) is 3.09. The van der Waals surface area contributed by atoms with Crippen molar-refractivity contribution in [2.45, 2.75) is 51.8 Å². The van der Waals surface area contributed by atoms with E-state index in [1.807, 2.05) is 32.9 Å². The predicted molar refractivity (Wildman–Crippen MR) is 132 cm³/mol. The number of hydrogen-bond donors (Lipinski definition) is 1. The first-order chi connectivity index (χ1) is 17.1. The van der Waals surface area contributed by atoms with E-state index in [-0.39, 0.29) is 11.7 Å². The van der Waals surface area contributed by atoms with Gasteiger partial charge in [0, 0.05) is 62.4 Å². The summed E-state index contributed by atoms with van der Waals surface area (Å²) in [6, 6.07) is 6.29. The number of amides is 1.